The van der Waals surface area contributed by atoms with Crippen molar-refractivity contribution >= 4 is 39.9 Å². The van der Waals surface area contributed by atoms with Gasteiger partial charge in [-0.25, -0.2) is 9.67 Å². The van der Waals surface area contributed by atoms with E-state index >= 15 is 0 Å². The zero-order valence-corrected chi connectivity index (χ0v) is 20.4. The number of hydrogen-bond donors (Lipinski definition) is 2. The Morgan fingerprint density at radius 3 is 2.77 bits per heavy atom. The number of aryl methyl sites for hydroxylation is 1. The van der Waals surface area contributed by atoms with Crippen LogP contribution in [0.5, 0.6) is 0 Å². The molecule has 4 aromatic rings. The summed E-state index contributed by atoms with van der Waals surface area (Å²) >= 11 is 1.67. The van der Waals surface area contributed by atoms with Gasteiger partial charge in [-0.15, -0.1) is 11.3 Å². The molecule has 0 bridgehead atoms. The van der Waals surface area contributed by atoms with E-state index in [1.54, 1.807) is 23.6 Å². The second kappa shape index (κ2) is 9.97. The molecule has 180 valence electrons. The molecule has 35 heavy (non-hydrogen) atoms. The number of thiophene rings is 1. The van der Waals surface area contributed by atoms with Crippen LogP contribution in [-0.2, 0) is 17.9 Å². The summed E-state index contributed by atoms with van der Waals surface area (Å²) in [6, 6.07) is 13.7. The smallest absolute Gasteiger partial charge is 0.256 e. The van der Waals surface area contributed by atoms with Crippen LogP contribution < -0.4 is 11.1 Å². The van der Waals surface area contributed by atoms with Crippen molar-refractivity contribution in [2.45, 2.75) is 32.9 Å². The zero-order chi connectivity index (χ0) is 24.4. The third-order valence-corrected chi connectivity index (χ3v) is 7.25. The van der Waals surface area contributed by atoms with E-state index in [0.717, 1.165) is 48.3 Å². The molecule has 5 rings (SSSR count). The largest absolute Gasteiger partial charge is 0.369 e. The number of likely N-dealkylation sites (tertiary alicyclic amines) is 1. The Hall–Kier alpha value is -3.56. The molecule has 3 N–H and O–H groups in total. The molecule has 9 heteroatoms. The highest BCUT2D eigenvalue weighted by Crippen LogP contribution is 2.23. The normalized spacial score (nSPS) is 16.4. The maximum Gasteiger partial charge on any atom is 0.256 e. The van der Waals surface area contributed by atoms with Crippen molar-refractivity contribution < 1.29 is 9.59 Å². The molecule has 1 unspecified atom stereocenters. The van der Waals surface area contributed by atoms with Crippen LogP contribution in [0.1, 0.15) is 39.3 Å². The topological polar surface area (TPSA) is 106 Å². The maximum atomic E-state index is 13.2. The Balaban J connectivity index is 1.28. The van der Waals surface area contributed by atoms with Crippen LogP contribution in [0, 0.1) is 12.8 Å². The number of anilines is 1. The second-order valence-corrected chi connectivity index (χ2v) is 10.1. The van der Waals surface area contributed by atoms with Gasteiger partial charge in [-0.1, -0.05) is 18.2 Å². The van der Waals surface area contributed by atoms with Crippen LogP contribution in [0.3, 0.4) is 0 Å². The molecule has 0 radical (unpaired) electrons. The summed E-state index contributed by atoms with van der Waals surface area (Å²) in [5.74, 6) is -0.479. The van der Waals surface area contributed by atoms with E-state index in [1.807, 2.05) is 47.3 Å². The van der Waals surface area contributed by atoms with Gasteiger partial charge in [0.2, 0.25) is 5.91 Å². The van der Waals surface area contributed by atoms with Gasteiger partial charge in [-0.05, 0) is 61.5 Å². The number of carbonyl (C=O) groups is 2. The number of nitrogens with two attached hydrogens (primary N) is 1. The molecule has 1 aliphatic rings. The maximum absolute atomic E-state index is 13.2. The molecule has 1 atom stereocenters. The van der Waals surface area contributed by atoms with Crippen LogP contribution in [-0.4, -0.2) is 44.6 Å². The molecular weight excluding hydrogens is 460 g/mol. The first kappa shape index (κ1) is 23.2. The first-order valence-electron chi connectivity index (χ1n) is 11.7. The van der Waals surface area contributed by atoms with E-state index in [1.165, 1.54) is 4.88 Å². The number of fused-ring (bicyclic) bond motifs is 1. The molecule has 1 aliphatic heterocycles. The summed E-state index contributed by atoms with van der Waals surface area (Å²) in [6.45, 7) is 4.92. The average Bonchev–Trinajstić information content (AvgIpc) is 3.50. The zero-order valence-electron chi connectivity index (χ0n) is 19.6. The lowest BCUT2D eigenvalue weighted by atomic mass is 9.97. The van der Waals surface area contributed by atoms with Gasteiger partial charge < -0.3 is 11.1 Å². The second-order valence-electron chi connectivity index (χ2n) is 9.06. The molecule has 0 saturated carbocycles. The van der Waals surface area contributed by atoms with Gasteiger partial charge in [0.05, 0.1) is 29.6 Å². The number of piperidine rings is 1. The van der Waals surface area contributed by atoms with Crippen LogP contribution in [0.2, 0.25) is 0 Å². The Bertz CT molecular complexity index is 1350. The lowest BCUT2D eigenvalue weighted by Crippen LogP contribution is -2.40. The summed E-state index contributed by atoms with van der Waals surface area (Å²) in [6.07, 6.45) is 3.56. The van der Waals surface area contributed by atoms with Crippen molar-refractivity contribution in [1.82, 2.24) is 19.7 Å². The molecule has 0 spiro atoms. The molecular formula is C26H28N6O2S. The van der Waals surface area contributed by atoms with Gasteiger partial charge in [0.15, 0.2) is 5.65 Å². The minimum atomic E-state index is -0.217. The highest BCUT2D eigenvalue weighted by Gasteiger charge is 2.24. The number of carbonyl (C=O) groups excluding carboxylic acids is 2. The van der Waals surface area contributed by atoms with Crippen molar-refractivity contribution in [2.24, 2.45) is 11.7 Å². The molecule has 1 saturated heterocycles. The highest BCUT2D eigenvalue weighted by atomic mass is 32.1. The number of nitrogens with one attached hydrogen (secondary N) is 1. The number of rotatable bonds is 7. The number of amides is 2. The van der Waals surface area contributed by atoms with Crippen molar-refractivity contribution in [2.75, 3.05) is 18.4 Å². The fraction of sp³-hybridized carbons (Fsp3) is 0.308. The van der Waals surface area contributed by atoms with Crippen LogP contribution >= 0.6 is 11.3 Å². The fourth-order valence-corrected chi connectivity index (χ4v) is 5.29. The summed E-state index contributed by atoms with van der Waals surface area (Å²) in [4.78, 5) is 32.8. The van der Waals surface area contributed by atoms with E-state index < -0.39 is 0 Å². The Morgan fingerprint density at radius 1 is 1.20 bits per heavy atom. The van der Waals surface area contributed by atoms with Gasteiger partial charge in [0.25, 0.3) is 5.91 Å². The molecule has 1 fully saturated rings. The van der Waals surface area contributed by atoms with Crippen LogP contribution in [0.25, 0.3) is 11.0 Å². The number of hydrogen-bond acceptors (Lipinski definition) is 6. The van der Waals surface area contributed by atoms with Crippen molar-refractivity contribution in [3.63, 3.8) is 0 Å². The Labute approximate surface area is 207 Å². The lowest BCUT2D eigenvalue weighted by Gasteiger charge is -2.31. The van der Waals surface area contributed by atoms with Gasteiger partial charge in [0, 0.05) is 29.3 Å². The molecule has 8 nitrogen and oxygen atoms in total. The molecule has 2 amide bonds. The van der Waals surface area contributed by atoms with Gasteiger partial charge in [-0.3, -0.25) is 14.5 Å². The molecule has 1 aromatic carbocycles. The summed E-state index contributed by atoms with van der Waals surface area (Å²) < 4.78 is 1.84. The van der Waals surface area contributed by atoms with Crippen molar-refractivity contribution in [3.05, 3.63) is 75.7 Å². The minimum absolute atomic E-state index is 0.0716. The van der Waals surface area contributed by atoms with E-state index in [-0.39, 0.29) is 17.7 Å². The quantitative estimate of drug-likeness (QED) is 0.412. The third kappa shape index (κ3) is 5.26. The van der Waals surface area contributed by atoms with Crippen molar-refractivity contribution in [1.29, 1.82) is 0 Å². The van der Waals surface area contributed by atoms with E-state index in [9.17, 15) is 9.59 Å². The number of aromatic nitrogens is 3. The van der Waals surface area contributed by atoms with Crippen molar-refractivity contribution in [3.8, 4) is 0 Å². The number of primary amides is 1. The number of pyridine rings is 1. The fourth-order valence-electron chi connectivity index (χ4n) is 4.61. The first-order chi connectivity index (χ1) is 17.0. The summed E-state index contributed by atoms with van der Waals surface area (Å²) in [5, 5.41) is 10.3. The van der Waals surface area contributed by atoms with Gasteiger partial charge in [0.1, 0.15) is 0 Å². The predicted octanol–water partition coefficient (Wildman–Crippen LogP) is 3.80. The van der Waals surface area contributed by atoms with E-state index in [0.29, 0.717) is 24.3 Å². The SMILES string of the molecule is Cc1cc(C(=O)Nc2ccc(CN3CCCC(C(N)=O)C3)cc2)c2cnn(Cc3cccs3)c2n1. The minimum Gasteiger partial charge on any atom is -0.369 e. The van der Waals surface area contributed by atoms with E-state index in [4.69, 9.17) is 5.73 Å². The standard InChI is InChI=1S/C26H28N6O2S/c1-17-12-22(23-13-28-32(25(23)29-17)16-21-5-3-11-35-21)26(34)30-20-8-6-18(7-9-20)14-31-10-2-4-19(15-31)24(27)33/h3,5-9,11-13,19H,2,4,10,14-16H2,1H3,(H2,27,33)(H,30,34). The third-order valence-electron chi connectivity index (χ3n) is 6.39. The van der Waals surface area contributed by atoms with Gasteiger partial charge in [-0.2, -0.15) is 5.10 Å². The molecule has 0 aliphatic carbocycles. The van der Waals surface area contributed by atoms with Crippen LogP contribution in [0.4, 0.5) is 5.69 Å². The van der Waals surface area contributed by atoms with Gasteiger partial charge >= 0.3 is 0 Å². The summed E-state index contributed by atoms with van der Waals surface area (Å²) in [5.41, 5.74) is 9.37. The monoisotopic (exact) mass is 488 g/mol. The molecule has 3 aromatic heterocycles. The lowest BCUT2D eigenvalue weighted by molar-refractivity contribution is -0.123. The number of benzene rings is 1. The Kier molecular flexibility index (Phi) is 6.61. The highest BCUT2D eigenvalue weighted by molar-refractivity contribution is 7.09. The predicted molar refractivity (Wildman–Crippen MR) is 137 cm³/mol. The Morgan fingerprint density at radius 2 is 2.03 bits per heavy atom. The van der Waals surface area contributed by atoms with Crippen LogP contribution in [0.15, 0.2) is 54.0 Å². The summed E-state index contributed by atoms with van der Waals surface area (Å²) in [7, 11) is 0. The average molecular weight is 489 g/mol. The first-order valence-corrected chi connectivity index (χ1v) is 12.6. The molecule has 4 heterocycles. The number of nitrogens with zero attached hydrogens (tertiary/aromatic N) is 4. The van der Waals surface area contributed by atoms with E-state index in [2.05, 4.69) is 26.4 Å².